The van der Waals surface area contributed by atoms with Crippen molar-refractivity contribution in [1.82, 2.24) is 0 Å². The number of carbonyl (C=O) groups is 1. The SMILES string of the molecule is C=CCOC(=O)C(CCCCCCCCCCCCCCCC)(OO)OCCCCCCCCCCCCCCCCCC. The van der Waals surface area contributed by atoms with E-state index in [-0.39, 0.29) is 6.61 Å². The van der Waals surface area contributed by atoms with E-state index in [1.165, 1.54) is 167 Å². The van der Waals surface area contributed by atoms with Gasteiger partial charge in [-0.25, -0.2) is 10.1 Å². The fourth-order valence-corrected chi connectivity index (χ4v) is 6.03. The van der Waals surface area contributed by atoms with Crippen LogP contribution in [0.1, 0.15) is 213 Å². The van der Waals surface area contributed by atoms with Gasteiger partial charge in [0.15, 0.2) is 0 Å². The van der Waals surface area contributed by atoms with Gasteiger partial charge in [-0.3, -0.25) is 0 Å². The van der Waals surface area contributed by atoms with Crippen LogP contribution in [0.5, 0.6) is 0 Å². The van der Waals surface area contributed by atoms with Crippen molar-refractivity contribution in [2.24, 2.45) is 0 Å². The molecule has 0 amide bonds. The van der Waals surface area contributed by atoms with E-state index in [0.717, 1.165) is 32.1 Å². The molecule has 0 saturated carbocycles. The lowest BCUT2D eigenvalue weighted by molar-refractivity contribution is -0.393. The van der Waals surface area contributed by atoms with Gasteiger partial charge < -0.3 is 9.47 Å². The summed E-state index contributed by atoms with van der Waals surface area (Å²) in [5.41, 5.74) is 0. The van der Waals surface area contributed by atoms with Crippen LogP contribution in [-0.2, 0) is 19.2 Å². The molecule has 1 unspecified atom stereocenters. The third-order valence-electron chi connectivity index (χ3n) is 8.98. The molecule has 262 valence electrons. The Labute approximate surface area is 274 Å². The standard InChI is InChI=1S/C39H76O5/c1-4-7-9-11-13-15-17-19-21-22-24-26-28-30-32-34-37-43-39(44-41,38(40)42-36-6-3)35-33-31-29-27-25-23-20-18-16-14-12-10-8-5-2/h6,41H,3-5,7-37H2,1-2H3. The van der Waals surface area contributed by atoms with E-state index in [1.54, 1.807) is 0 Å². The number of rotatable bonds is 37. The lowest BCUT2D eigenvalue weighted by Gasteiger charge is -2.28. The van der Waals surface area contributed by atoms with Crippen LogP contribution in [0.3, 0.4) is 0 Å². The predicted molar refractivity (Wildman–Crippen MR) is 188 cm³/mol. The highest BCUT2D eigenvalue weighted by Crippen LogP contribution is 2.25. The number of ether oxygens (including phenoxy) is 2. The molecule has 0 aromatic rings. The molecule has 5 nitrogen and oxygen atoms in total. The van der Waals surface area contributed by atoms with Crippen molar-refractivity contribution in [3.63, 3.8) is 0 Å². The van der Waals surface area contributed by atoms with E-state index in [9.17, 15) is 10.1 Å². The molecule has 0 radical (unpaired) electrons. The van der Waals surface area contributed by atoms with E-state index in [0.29, 0.717) is 13.0 Å². The van der Waals surface area contributed by atoms with Crippen molar-refractivity contribution < 1.29 is 24.4 Å². The molecule has 0 aromatic carbocycles. The Hall–Kier alpha value is -0.910. The molecule has 0 aliphatic heterocycles. The highest BCUT2D eigenvalue weighted by Gasteiger charge is 2.43. The zero-order valence-electron chi connectivity index (χ0n) is 29.7. The lowest BCUT2D eigenvalue weighted by atomic mass is 10.0. The van der Waals surface area contributed by atoms with E-state index >= 15 is 0 Å². The maximum atomic E-state index is 12.7. The minimum absolute atomic E-state index is 0.0745. The summed E-state index contributed by atoms with van der Waals surface area (Å²) in [7, 11) is 0. The van der Waals surface area contributed by atoms with Gasteiger partial charge in [-0.2, -0.15) is 4.89 Å². The molecule has 5 heteroatoms. The van der Waals surface area contributed by atoms with Crippen LogP contribution >= 0.6 is 0 Å². The van der Waals surface area contributed by atoms with Crippen LogP contribution in [0.25, 0.3) is 0 Å². The Morgan fingerprint density at radius 3 is 1.18 bits per heavy atom. The van der Waals surface area contributed by atoms with E-state index < -0.39 is 11.8 Å². The molecule has 0 rings (SSSR count). The molecule has 0 saturated heterocycles. The first kappa shape index (κ1) is 43.1. The third kappa shape index (κ3) is 27.4. The second-order valence-electron chi connectivity index (χ2n) is 13.2. The smallest absolute Gasteiger partial charge is 0.370 e. The number of esters is 1. The first-order valence-corrected chi connectivity index (χ1v) is 19.4. The first-order chi connectivity index (χ1) is 21.7. The van der Waals surface area contributed by atoms with Crippen LogP contribution in [0.2, 0.25) is 0 Å². The zero-order chi connectivity index (χ0) is 32.2. The normalized spacial score (nSPS) is 12.8. The topological polar surface area (TPSA) is 65.0 Å². The Kier molecular flexibility index (Phi) is 34.2. The maximum absolute atomic E-state index is 12.7. The molecule has 1 atom stereocenters. The summed E-state index contributed by atoms with van der Waals surface area (Å²) in [5, 5.41) is 9.73. The van der Waals surface area contributed by atoms with Crippen LogP contribution in [-0.4, -0.2) is 30.2 Å². The number of carbonyl (C=O) groups excluding carboxylic acids is 1. The zero-order valence-corrected chi connectivity index (χ0v) is 29.7. The highest BCUT2D eigenvalue weighted by atomic mass is 17.1. The molecule has 0 aliphatic carbocycles. The minimum Gasteiger partial charge on any atom is -0.457 e. The summed E-state index contributed by atoms with van der Waals surface area (Å²) in [4.78, 5) is 17.5. The van der Waals surface area contributed by atoms with Crippen LogP contribution < -0.4 is 0 Å². The minimum atomic E-state index is -1.73. The molecular weight excluding hydrogens is 548 g/mol. The largest absolute Gasteiger partial charge is 0.457 e. The quantitative estimate of drug-likeness (QED) is 0.0186. The van der Waals surface area contributed by atoms with Gasteiger partial charge in [-0.1, -0.05) is 206 Å². The van der Waals surface area contributed by atoms with Gasteiger partial charge in [0.1, 0.15) is 6.61 Å². The molecule has 0 spiro atoms. The molecule has 0 aromatic heterocycles. The van der Waals surface area contributed by atoms with Gasteiger partial charge in [0.05, 0.1) is 6.61 Å². The Balaban J connectivity index is 3.95. The average molecular weight is 625 g/mol. The van der Waals surface area contributed by atoms with Gasteiger partial charge in [-0.15, -0.1) is 0 Å². The van der Waals surface area contributed by atoms with Crippen LogP contribution in [0, 0.1) is 0 Å². The van der Waals surface area contributed by atoms with Gasteiger partial charge >= 0.3 is 5.97 Å². The van der Waals surface area contributed by atoms with Crippen molar-refractivity contribution in [2.45, 2.75) is 219 Å². The first-order valence-electron chi connectivity index (χ1n) is 19.4. The molecule has 1 N–H and O–H groups in total. The van der Waals surface area contributed by atoms with Gasteiger partial charge in [0.25, 0.3) is 5.79 Å². The summed E-state index contributed by atoms with van der Waals surface area (Å²) in [6, 6.07) is 0. The van der Waals surface area contributed by atoms with Crippen molar-refractivity contribution in [1.29, 1.82) is 0 Å². The summed E-state index contributed by atoms with van der Waals surface area (Å²) in [5.74, 6) is -2.39. The second kappa shape index (κ2) is 35.0. The summed E-state index contributed by atoms with van der Waals surface area (Å²) in [6.07, 6.45) is 40.4. The van der Waals surface area contributed by atoms with Crippen molar-refractivity contribution in [3.8, 4) is 0 Å². The van der Waals surface area contributed by atoms with Crippen molar-refractivity contribution in [2.75, 3.05) is 13.2 Å². The predicted octanol–water partition coefficient (Wildman–Crippen LogP) is 13.1. The highest BCUT2D eigenvalue weighted by molar-refractivity contribution is 5.77. The molecule has 44 heavy (non-hydrogen) atoms. The number of hydrogen-bond acceptors (Lipinski definition) is 5. The third-order valence-corrected chi connectivity index (χ3v) is 8.98. The van der Waals surface area contributed by atoms with E-state index in [4.69, 9.17) is 14.4 Å². The van der Waals surface area contributed by atoms with Crippen molar-refractivity contribution in [3.05, 3.63) is 12.7 Å². The molecule has 0 fully saturated rings. The van der Waals surface area contributed by atoms with E-state index in [2.05, 4.69) is 20.4 Å². The van der Waals surface area contributed by atoms with Crippen LogP contribution in [0.4, 0.5) is 0 Å². The summed E-state index contributed by atoms with van der Waals surface area (Å²) in [6.45, 7) is 8.61. The Morgan fingerprint density at radius 1 is 0.545 bits per heavy atom. The Morgan fingerprint density at radius 2 is 0.864 bits per heavy atom. The Bertz CT molecular complexity index is 595. The molecule has 0 aliphatic rings. The lowest BCUT2D eigenvalue weighted by Crippen LogP contribution is -2.45. The summed E-state index contributed by atoms with van der Waals surface area (Å²) >= 11 is 0. The molecular formula is C39H76O5. The maximum Gasteiger partial charge on any atom is 0.370 e. The van der Waals surface area contributed by atoms with Gasteiger partial charge in [-0.05, 0) is 12.8 Å². The van der Waals surface area contributed by atoms with Gasteiger partial charge in [0.2, 0.25) is 0 Å². The molecule has 0 bridgehead atoms. The average Bonchev–Trinajstić information content (AvgIpc) is 3.04. The van der Waals surface area contributed by atoms with Crippen LogP contribution in [0.15, 0.2) is 12.7 Å². The summed E-state index contributed by atoms with van der Waals surface area (Å²) < 4.78 is 11.1. The molecule has 0 heterocycles. The van der Waals surface area contributed by atoms with Gasteiger partial charge in [0, 0.05) is 6.42 Å². The fourth-order valence-electron chi connectivity index (χ4n) is 6.03. The fraction of sp³-hybridized carbons (Fsp3) is 0.923. The van der Waals surface area contributed by atoms with E-state index in [1.807, 2.05) is 0 Å². The second-order valence-corrected chi connectivity index (χ2v) is 13.2. The number of unbranched alkanes of at least 4 members (excludes halogenated alkanes) is 28. The van der Waals surface area contributed by atoms with Crippen molar-refractivity contribution >= 4 is 5.97 Å². The number of hydrogen-bond donors (Lipinski definition) is 1. The monoisotopic (exact) mass is 625 g/mol.